The van der Waals surface area contributed by atoms with Crippen LogP contribution in [0.2, 0.25) is 0 Å². The van der Waals surface area contributed by atoms with Crippen molar-refractivity contribution in [3.8, 4) is 11.5 Å². The number of hydrogen-bond donors (Lipinski definition) is 2. The number of aliphatic hydroxyl groups is 1. The highest BCUT2D eigenvalue weighted by molar-refractivity contribution is 5.82. The Labute approximate surface area is 123 Å². The first kappa shape index (κ1) is 14.2. The van der Waals surface area contributed by atoms with Crippen molar-refractivity contribution in [1.29, 1.82) is 0 Å². The Balaban J connectivity index is 1.56. The average molecular weight is 292 g/mol. The molecular weight excluding hydrogens is 272 g/mol. The first-order valence-electron chi connectivity index (χ1n) is 7.18. The molecule has 1 fully saturated rings. The highest BCUT2D eigenvalue weighted by Gasteiger charge is 2.32. The number of nitrogens with one attached hydrogen (secondary N) is 1. The molecule has 0 aromatic heterocycles. The van der Waals surface area contributed by atoms with Crippen LogP contribution in [0.5, 0.6) is 11.5 Å². The average Bonchev–Trinajstić information content (AvgIpc) is 2.93. The van der Waals surface area contributed by atoms with Crippen LogP contribution in [-0.2, 0) is 4.79 Å². The summed E-state index contributed by atoms with van der Waals surface area (Å²) in [5.74, 6) is 1.43. The van der Waals surface area contributed by atoms with Crippen LogP contribution in [0.15, 0.2) is 24.3 Å². The topological polar surface area (TPSA) is 71.0 Å². The number of likely N-dealkylation sites (N-methyl/N-ethyl adjacent to an activating group) is 1. The molecule has 2 N–H and O–H groups in total. The van der Waals surface area contributed by atoms with Crippen LogP contribution in [0, 0.1) is 0 Å². The maximum absolute atomic E-state index is 12.3. The lowest BCUT2D eigenvalue weighted by molar-refractivity contribution is -0.133. The van der Waals surface area contributed by atoms with Crippen molar-refractivity contribution >= 4 is 5.91 Å². The molecule has 1 saturated heterocycles. The van der Waals surface area contributed by atoms with Crippen LogP contribution in [0.1, 0.15) is 6.42 Å². The van der Waals surface area contributed by atoms with Crippen LogP contribution in [0.3, 0.4) is 0 Å². The van der Waals surface area contributed by atoms with E-state index in [0.717, 1.165) is 5.75 Å². The summed E-state index contributed by atoms with van der Waals surface area (Å²) in [5.41, 5.74) is 0. The fourth-order valence-corrected chi connectivity index (χ4v) is 2.72. The van der Waals surface area contributed by atoms with E-state index in [9.17, 15) is 9.90 Å². The van der Waals surface area contributed by atoms with Crippen molar-refractivity contribution < 1.29 is 19.4 Å². The van der Waals surface area contributed by atoms with Gasteiger partial charge in [-0.2, -0.15) is 0 Å². The Bertz CT molecular complexity index is 522. The Hall–Kier alpha value is -1.79. The zero-order valence-electron chi connectivity index (χ0n) is 12.0. The molecule has 1 aromatic rings. The molecule has 6 heteroatoms. The molecule has 21 heavy (non-hydrogen) atoms. The number of para-hydroxylation sites is 2. The first-order chi connectivity index (χ1) is 10.1. The number of carbonyl (C=O) groups excluding carboxylic acids is 1. The molecular formula is C15H20N2O4. The van der Waals surface area contributed by atoms with E-state index in [1.165, 1.54) is 0 Å². The van der Waals surface area contributed by atoms with Gasteiger partial charge < -0.3 is 24.8 Å². The predicted octanol–water partition coefficient (Wildman–Crippen LogP) is 0.00760. The lowest BCUT2D eigenvalue weighted by Gasteiger charge is -2.30. The number of carbonyl (C=O) groups is 1. The predicted molar refractivity (Wildman–Crippen MR) is 76.4 cm³/mol. The summed E-state index contributed by atoms with van der Waals surface area (Å²) in [5, 5.41) is 12.5. The van der Waals surface area contributed by atoms with Gasteiger partial charge in [-0.05, 0) is 18.6 Å². The van der Waals surface area contributed by atoms with Gasteiger partial charge >= 0.3 is 0 Å². The van der Waals surface area contributed by atoms with Crippen LogP contribution >= 0.6 is 0 Å². The van der Waals surface area contributed by atoms with Crippen molar-refractivity contribution in [3.63, 3.8) is 0 Å². The molecule has 3 atom stereocenters. The van der Waals surface area contributed by atoms with Crippen molar-refractivity contribution in [2.75, 3.05) is 26.7 Å². The Kier molecular flexibility index (Phi) is 3.98. The quantitative estimate of drug-likeness (QED) is 0.821. The summed E-state index contributed by atoms with van der Waals surface area (Å²) in [6, 6.07) is 7.21. The summed E-state index contributed by atoms with van der Waals surface area (Å²) in [7, 11) is 1.75. The minimum atomic E-state index is -0.437. The fourth-order valence-electron chi connectivity index (χ4n) is 2.72. The molecule has 2 aliphatic heterocycles. The van der Waals surface area contributed by atoms with Crippen molar-refractivity contribution in [2.45, 2.75) is 24.7 Å². The molecule has 1 aromatic carbocycles. The lowest BCUT2D eigenvalue weighted by Crippen LogP contribution is -2.47. The number of ether oxygens (including phenoxy) is 2. The molecule has 0 radical (unpaired) electrons. The number of β-amino-alcohol motifs (C(OH)–C–C–N with tert-alkyl or cyclic N) is 1. The van der Waals surface area contributed by atoms with Crippen LogP contribution < -0.4 is 14.8 Å². The summed E-state index contributed by atoms with van der Waals surface area (Å²) < 4.78 is 11.5. The monoisotopic (exact) mass is 292 g/mol. The third-order valence-electron chi connectivity index (χ3n) is 3.83. The van der Waals surface area contributed by atoms with Gasteiger partial charge in [-0.3, -0.25) is 4.79 Å². The smallest absolute Gasteiger partial charge is 0.239 e. The molecule has 3 rings (SSSR count). The van der Waals surface area contributed by atoms with Gasteiger partial charge in [0.1, 0.15) is 6.61 Å². The van der Waals surface area contributed by atoms with E-state index in [0.29, 0.717) is 31.9 Å². The van der Waals surface area contributed by atoms with E-state index in [-0.39, 0.29) is 18.1 Å². The lowest BCUT2D eigenvalue weighted by atomic mass is 10.1. The van der Waals surface area contributed by atoms with E-state index >= 15 is 0 Å². The SMILES string of the molecule is CN(C[C@@H]1COc2ccccc2O1)C(=O)[C@@H]1C[C@H](O)CN1. The highest BCUT2D eigenvalue weighted by atomic mass is 16.6. The Morgan fingerprint density at radius 2 is 2.19 bits per heavy atom. The summed E-state index contributed by atoms with van der Waals surface area (Å²) in [6.45, 7) is 1.36. The Morgan fingerprint density at radius 3 is 2.90 bits per heavy atom. The second kappa shape index (κ2) is 5.91. The van der Waals surface area contributed by atoms with Gasteiger partial charge in [0.2, 0.25) is 5.91 Å². The molecule has 0 bridgehead atoms. The number of nitrogens with zero attached hydrogens (tertiary/aromatic N) is 1. The van der Waals surface area contributed by atoms with Gasteiger partial charge in [0, 0.05) is 13.6 Å². The van der Waals surface area contributed by atoms with E-state index in [4.69, 9.17) is 9.47 Å². The van der Waals surface area contributed by atoms with Gasteiger partial charge in [-0.15, -0.1) is 0 Å². The summed E-state index contributed by atoms with van der Waals surface area (Å²) >= 11 is 0. The van der Waals surface area contributed by atoms with Crippen LogP contribution in [0.25, 0.3) is 0 Å². The second-order valence-electron chi connectivity index (χ2n) is 5.57. The fraction of sp³-hybridized carbons (Fsp3) is 0.533. The maximum atomic E-state index is 12.3. The zero-order valence-corrected chi connectivity index (χ0v) is 12.0. The van der Waals surface area contributed by atoms with Gasteiger partial charge in [0.15, 0.2) is 17.6 Å². The number of amides is 1. The van der Waals surface area contributed by atoms with Crippen LogP contribution in [0.4, 0.5) is 0 Å². The van der Waals surface area contributed by atoms with E-state index in [1.54, 1.807) is 11.9 Å². The molecule has 2 heterocycles. The molecule has 0 saturated carbocycles. The van der Waals surface area contributed by atoms with Crippen molar-refractivity contribution in [2.24, 2.45) is 0 Å². The van der Waals surface area contributed by atoms with Gasteiger partial charge in [0.25, 0.3) is 0 Å². The molecule has 2 aliphatic rings. The second-order valence-corrected chi connectivity index (χ2v) is 5.57. The van der Waals surface area contributed by atoms with Crippen LogP contribution in [-0.4, -0.2) is 60.9 Å². The van der Waals surface area contributed by atoms with Crippen molar-refractivity contribution in [3.05, 3.63) is 24.3 Å². The number of fused-ring (bicyclic) bond motifs is 1. The molecule has 6 nitrogen and oxygen atoms in total. The van der Waals surface area contributed by atoms with Crippen molar-refractivity contribution in [1.82, 2.24) is 10.2 Å². The zero-order chi connectivity index (χ0) is 14.8. The minimum Gasteiger partial charge on any atom is -0.486 e. The molecule has 0 spiro atoms. The standard InChI is InChI=1S/C15H20N2O4/c1-17(15(19)12-6-10(18)7-16-12)8-11-9-20-13-4-2-3-5-14(13)21-11/h2-5,10-12,16,18H,6-9H2,1H3/t10-,11+,12-/m0/s1. The Morgan fingerprint density at radius 1 is 1.43 bits per heavy atom. The highest BCUT2D eigenvalue weighted by Crippen LogP contribution is 2.31. The van der Waals surface area contributed by atoms with Gasteiger partial charge in [-0.25, -0.2) is 0 Å². The molecule has 1 amide bonds. The molecule has 114 valence electrons. The normalized spacial score (nSPS) is 27.4. The molecule has 0 aliphatic carbocycles. The maximum Gasteiger partial charge on any atom is 0.239 e. The van der Waals surface area contributed by atoms with E-state index in [2.05, 4.69) is 5.32 Å². The van der Waals surface area contributed by atoms with E-state index < -0.39 is 6.10 Å². The van der Waals surface area contributed by atoms with Gasteiger partial charge in [0.05, 0.1) is 18.7 Å². The molecule has 0 unspecified atom stereocenters. The van der Waals surface area contributed by atoms with E-state index in [1.807, 2.05) is 24.3 Å². The number of aliphatic hydroxyl groups excluding tert-OH is 1. The number of hydrogen-bond acceptors (Lipinski definition) is 5. The third-order valence-corrected chi connectivity index (χ3v) is 3.83. The summed E-state index contributed by atoms with van der Waals surface area (Å²) in [6.07, 6.45) is -0.151. The van der Waals surface area contributed by atoms with Gasteiger partial charge in [-0.1, -0.05) is 12.1 Å². The number of benzene rings is 1. The third kappa shape index (κ3) is 3.11. The largest absolute Gasteiger partial charge is 0.486 e. The first-order valence-corrected chi connectivity index (χ1v) is 7.18. The minimum absolute atomic E-state index is 0.0194. The number of rotatable bonds is 3. The summed E-state index contributed by atoms with van der Waals surface area (Å²) in [4.78, 5) is 13.9.